The topological polar surface area (TPSA) is 139 Å². The Bertz CT molecular complexity index is 960. The molecule has 0 heterocycles. The summed E-state index contributed by atoms with van der Waals surface area (Å²) in [6.07, 6.45) is 1.74. The molecular weight excluding hydrogens is 394 g/mol. The van der Waals surface area contributed by atoms with Crippen LogP contribution in [-0.4, -0.2) is 43.1 Å². The predicted molar refractivity (Wildman–Crippen MR) is 110 cm³/mol. The van der Waals surface area contributed by atoms with Gasteiger partial charge in [-0.2, -0.15) is 8.42 Å². The molecule has 0 aromatic heterocycles. The van der Waals surface area contributed by atoms with Crippen molar-refractivity contribution in [1.29, 1.82) is 0 Å². The largest absolute Gasteiger partial charge is 0.350 e. The van der Waals surface area contributed by atoms with E-state index in [4.69, 9.17) is 10.3 Å². The summed E-state index contributed by atoms with van der Waals surface area (Å²) in [6.45, 7) is -0.310. The lowest BCUT2D eigenvalue weighted by molar-refractivity contribution is -0.124. The molecule has 2 amide bonds. The van der Waals surface area contributed by atoms with Crippen LogP contribution in [-0.2, 0) is 26.1 Å². The van der Waals surface area contributed by atoms with Crippen molar-refractivity contribution in [3.8, 4) is 0 Å². The number of benzene rings is 2. The summed E-state index contributed by atoms with van der Waals surface area (Å²) in [6, 6.07) is 17.1. The van der Waals surface area contributed by atoms with E-state index in [1.165, 1.54) is 6.08 Å². The maximum absolute atomic E-state index is 12.5. The van der Waals surface area contributed by atoms with Gasteiger partial charge in [0.1, 0.15) is 5.70 Å². The number of amides is 2. The Hall–Kier alpha value is -3.01. The van der Waals surface area contributed by atoms with E-state index < -0.39 is 33.7 Å². The second-order valence-corrected chi connectivity index (χ2v) is 7.87. The molecule has 0 spiro atoms. The van der Waals surface area contributed by atoms with E-state index in [9.17, 15) is 18.0 Å². The van der Waals surface area contributed by atoms with E-state index >= 15 is 0 Å². The predicted octanol–water partition coefficient (Wildman–Crippen LogP) is 0.718. The van der Waals surface area contributed by atoms with Crippen LogP contribution in [0.1, 0.15) is 11.1 Å². The molecule has 2 aromatic rings. The van der Waals surface area contributed by atoms with Crippen molar-refractivity contribution in [3.63, 3.8) is 0 Å². The summed E-state index contributed by atoms with van der Waals surface area (Å²) in [5, 5.41) is 4.86. The first-order valence-electron chi connectivity index (χ1n) is 8.85. The molecular formula is C20H23N3O5S. The van der Waals surface area contributed by atoms with Crippen LogP contribution < -0.4 is 16.4 Å². The Balaban J connectivity index is 2.11. The van der Waals surface area contributed by atoms with Crippen LogP contribution >= 0.6 is 0 Å². The average molecular weight is 417 g/mol. The molecule has 0 saturated carbocycles. The molecule has 5 N–H and O–H groups in total. The van der Waals surface area contributed by atoms with Crippen LogP contribution in [0.15, 0.2) is 66.4 Å². The minimum Gasteiger partial charge on any atom is -0.350 e. The first-order valence-corrected chi connectivity index (χ1v) is 10.5. The lowest BCUT2D eigenvalue weighted by atomic mass is 10.1. The van der Waals surface area contributed by atoms with Crippen molar-refractivity contribution in [3.05, 3.63) is 77.5 Å². The van der Waals surface area contributed by atoms with Gasteiger partial charge in [-0.15, -0.1) is 0 Å². The Kier molecular flexibility index (Phi) is 8.08. The summed E-state index contributed by atoms with van der Waals surface area (Å²) < 4.78 is 30.4. The van der Waals surface area contributed by atoms with Crippen LogP contribution in [0.5, 0.6) is 0 Å². The van der Waals surface area contributed by atoms with Crippen molar-refractivity contribution in [2.24, 2.45) is 5.73 Å². The SMILES string of the molecule is NC(Cc1ccccc1)C(=O)N/C(=C/c1ccccc1)C(=O)NCCS(=O)(=O)O. The first-order chi connectivity index (χ1) is 13.7. The Labute approximate surface area is 169 Å². The van der Waals surface area contributed by atoms with Crippen molar-refractivity contribution in [1.82, 2.24) is 10.6 Å². The fourth-order valence-electron chi connectivity index (χ4n) is 2.45. The molecule has 1 atom stereocenters. The summed E-state index contributed by atoms with van der Waals surface area (Å²) in [5.74, 6) is -1.89. The zero-order chi connectivity index (χ0) is 21.3. The number of hydrogen-bond acceptors (Lipinski definition) is 5. The summed E-state index contributed by atoms with van der Waals surface area (Å²) in [5.41, 5.74) is 7.41. The van der Waals surface area contributed by atoms with E-state index in [2.05, 4.69) is 10.6 Å². The second-order valence-electron chi connectivity index (χ2n) is 6.30. The normalized spacial score (nSPS) is 12.8. The third kappa shape index (κ3) is 8.26. The lowest BCUT2D eigenvalue weighted by Gasteiger charge is -2.15. The van der Waals surface area contributed by atoms with Gasteiger partial charge in [-0.1, -0.05) is 60.7 Å². The molecule has 0 aliphatic rings. The van der Waals surface area contributed by atoms with Gasteiger partial charge >= 0.3 is 0 Å². The Morgan fingerprint density at radius 1 is 1.03 bits per heavy atom. The van der Waals surface area contributed by atoms with E-state index in [-0.39, 0.29) is 18.7 Å². The van der Waals surface area contributed by atoms with Gasteiger partial charge < -0.3 is 16.4 Å². The van der Waals surface area contributed by atoms with Gasteiger partial charge in [0.2, 0.25) is 5.91 Å². The third-order valence-electron chi connectivity index (χ3n) is 3.89. The molecule has 0 saturated heterocycles. The zero-order valence-corrected chi connectivity index (χ0v) is 16.4. The molecule has 154 valence electrons. The average Bonchev–Trinajstić information content (AvgIpc) is 2.68. The number of nitrogens with one attached hydrogen (secondary N) is 2. The molecule has 0 fully saturated rings. The van der Waals surface area contributed by atoms with Crippen LogP contribution in [0, 0.1) is 0 Å². The van der Waals surface area contributed by atoms with Gasteiger partial charge in [0.25, 0.3) is 16.0 Å². The van der Waals surface area contributed by atoms with E-state index in [0.29, 0.717) is 5.56 Å². The Morgan fingerprint density at radius 2 is 1.62 bits per heavy atom. The van der Waals surface area contributed by atoms with Crippen molar-refractivity contribution in [2.75, 3.05) is 12.3 Å². The molecule has 8 nitrogen and oxygen atoms in total. The Morgan fingerprint density at radius 3 is 2.21 bits per heavy atom. The lowest BCUT2D eigenvalue weighted by Crippen LogP contribution is -2.45. The molecule has 2 aromatic carbocycles. The highest BCUT2D eigenvalue weighted by molar-refractivity contribution is 7.85. The van der Waals surface area contributed by atoms with Crippen molar-refractivity contribution < 1.29 is 22.6 Å². The molecule has 0 aliphatic carbocycles. The quantitative estimate of drug-likeness (QED) is 0.350. The summed E-state index contributed by atoms with van der Waals surface area (Å²) in [7, 11) is -4.22. The number of rotatable bonds is 9. The van der Waals surface area contributed by atoms with Crippen LogP contribution in [0.25, 0.3) is 6.08 Å². The first kappa shape index (κ1) is 22.3. The smallest absolute Gasteiger partial charge is 0.267 e. The van der Waals surface area contributed by atoms with E-state index in [1.807, 2.05) is 30.3 Å². The molecule has 1 unspecified atom stereocenters. The highest BCUT2D eigenvalue weighted by atomic mass is 32.2. The van der Waals surface area contributed by atoms with Gasteiger partial charge in [0, 0.05) is 6.54 Å². The van der Waals surface area contributed by atoms with Gasteiger partial charge in [0.05, 0.1) is 11.8 Å². The standard InChI is InChI=1S/C20H23N3O5S/c21-17(13-15-7-3-1-4-8-15)19(24)23-18(14-16-9-5-2-6-10-16)20(25)22-11-12-29(26,27)28/h1-10,14,17H,11-13,21H2,(H,22,25)(H,23,24)(H,26,27,28)/b18-14+. The van der Waals surface area contributed by atoms with Crippen molar-refractivity contribution >= 4 is 28.0 Å². The summed E-state index contributed by atoms with van der Waals surface area (Å²) >= 11 is 0. The van der Waals surface area contributed by atoms with Gasteiger partial charge in [-0.05, 0) is 23.6 Å². The number of hydrogen-bond donors (Lipinski definition) is 4. The zero-order valence-electron chi connectivity index (χ0n) is 15.6. The molecule has 0 radical (unpaired) electrons. The second kappa shape index (κ2) is 10.5. The van der Waals surface area contributed by atoms with Gasteiger partial charge in [-0.3, -0.25) is 14.1 Å². The molecule has 9 heteroatoms. The van der Waals surface area contributed by atoms with Crippen molar-refractivity contribution in [2.45, 2.75) is 12.5 Å². The van der Waals surface area contributed by atoms with Crippen LogP contribution in [0.2, 0.25) is 0 Å². The third-order valence-corrected chi connectivity index (χ3v) is 4.61. The minimum absolute atomic E-state index is 0.0833. The molecule has 0 aliphatic heterocycles. The van der Waals surface area contributed by atoms with Crippen LogP contribution in [0.4, 0.5) is 0 Å². The summed E-state index contributed by atoms with van der Waals surface area (Å²) in [4.78, 5) is 24.9. The molecule has 2 rings (SSSR count). The number of nitrogens with two attached hydrogens (primary N) is 1. The maximum atomic E-state index is 12.5. The highest BCUT2D eigenvalue weighted by Crippen LogP contribution is 2.07. The maximum Gasteiger partial charge on any atom is 0.267 e. The molecule has 0 bridgehead atoms. The van der Waals surface area contributed by atoms with Gasteiger partial charge in [0.15, 0.2) is 0 Å². The fraction of sp³-hybridized carbons (Fsp3) is 0.200. The van der Waals surface area contributed by atoms with E-state index in [1.54, 1.807) is 30.3 Å². The molecule has 29 heavy (non-hydrogen) atoms. The van der Waals surface area contributed by atoms with Crippen LogP contribution in [0.3, 0.4) is 0 Å². The monoisotopic (exact) mass is 417 g/mol. The fourth-order valence-corrected chi connectivity index (χ4v) is 2.81. The number of carbonyl (C=O) groups is 2. The highest BCUT2D eigenvalue weighted by Gasteiger charge is 2.19. The minimum atomic E-state index is -4.22. The van der Waals surface area contributed by atoms with Gasteiger partial charge in [-0.25, -0.2) is 0 Å². The van der Waals surface area contributed by atoms with E-state index in [0.717, 1.165) is 5.56 Å². The number of carbonyl (C=O) groups excluding carboxylic acids is 2.